The summed E-state index contributed by atoms with van der Waals surface area (Å²) in [4.78, 5) is 0. The third kappa shape index (κ3) is 3.51. The van der Waals surface area contributed by atoms with E-state index in [4.69, 9.17) is 0 Å². The quantitative estimate of drug-likeness (QED) is 0.855. The normalized spacial score (nSPS) is 23.1. The van der Waals surface area contributed by atoms with Crippen molar-refractivity contribution in [1.29, 1.82) is 5.26 Å². The zero-order chi connectivity index (χ0) is 13.8. The van der Waals surface area contributed by atoms with Gasteiger partial charge in [0.2, 0.25) is 0 Å². The minimum absolute atomic E-state index is 0.496. The molecule has 0 radical (unpaired) electrons. The second kappa shape index (κ2) is 6.43. The lowest BCUT2D eigenvalue weighted by Crippen LogP contribution is -2.35. The largest absolute Gasteiger partial charge is 0.381 e. The van der Waals surface area contributed by atoms with E-state index in [9.17, 15) is 5.26 Å². The Hall–Kier alpha value is -1.01. The third-order valence-electron chi connectivity index (χ3n) is 4.12. The average Bonchev–Trinajstić information content (AvgIpc) is 2.39. The van der Waals surface area contributed by atoms with Crippen molar-refractivity contribution in [2.24, 2.45) is 11.8 Å². The van der Waals surface area contributed by atoms with Gasteiger partial charge < -0.3 is 5.32 Å². The van der Waals surface area contributed by atoms with Crippen molar-refractivity contribution in [1.82, 2.24) is 0 Å². The van der Waals surface area contributed by atoms with Crippen LogP contribution in [0.1, 0.15) is 45.1 Å². The molecule has 0 aromatic heterocycles. The van der Waals surface area contributed by atoms with E-state index in [0.717, 1.165) is 15.7 Å². The minimum atomic E-state index is 0.496. The molecule has 0 heterocycles. The highest BCUT2D eigenvalue weighted by Gasteiger charge is 2.27. The fourth-order valence-electron chi connectivity index (χ4n) is 3.07. The summed E-state index contributed by atoms with van der Waals surface area (Å²) < 4.78 is 1.02. The lowest BCUT2D eigenvalue weighted by atomic mass is 9.77. The molecule has 0 amide bonds. The molecule has 0 bridgehead atoms. The van der Waals surface area contributed by atoms with Crippen LogP contribution in [0.5, 0.6) is 0 Å². The molecule has 19 heavy (non-hydrogen) atoms. The molecule has 0 saturated heterocycles. The van der Waals surface area contributed by atoms with E-state index in [-0.39, 0.29) is 0 Å². The first-order valence-corrected chi connectivity index (χ1v) is 7.87. The van der Waals surface area contributed by atoms with Crippen LogP contribution >= 0.6 is 15.9 Å². The Labute approximate surface area is 124 Å². The van der Waals surface area contributed by atoms with Crippen molar-refractivity contribution < 1.29 is 0 Å². The zero-order valence-corrected chi connectivity index (χ0v) is 13.2. The van der Waals surface area contributed by atoms with Gasteiger partial charge >= 0.3 is 0 Å². The van der Waals surface area contributed by atoms with Crippen LogP contribution in [-0.4, -0.2) is 6.04 Å². The lowest BCUT2D eigenvalue weighted by Gasteiger charge is -2.35. The van der Waals surface area contributed by atoms with Crippen molar-refractivity contribution in [3.8, 4) is 6.07 Å². The molecule has 2 unspecified atom stereocenters. The molecular weight excluding hydrogens is 300 g/mol. The number of hydrogen-bond donors (Lipinski definition) is 1. The van der Waals surface area contributed by atoms with E-state index >= 15 is 0 Å². The molecule has 3 heteroatoms. The summed E-state index contributed by atoms with van der Waals surface area (Å²) in [5.41, 5.74) is 1.70. The van der Waals surface area contributed by atoms with Gasteiger partial charge in [0, 0.05) is 10.5 Å². The standard InChI is InChI=1S/C16H21BrN2/c1-11(2)14-5-3-4-6-15(14)19-16-9-13(17)8-7-12(16)10-18/h7-9,11,14-15,19H,3-6H2,1-2H3. The maximum atomic E-state index is 9.21. The summed E-state index contributed by atoms with van der Waals surface area (Å²) in [6.07, 6.45) is 5.13. The van der Waals surface area contributed by atoms with Gasteiger partial charge in [-0.3, -0.25) is 0 Å². The van der Waals surface area contributed by atoms with E-state index < -0.39 is 0 Å². The predicted molar refractivity (Wildman–Crippen MR) is 83.1 cm³/mol. The number of benzene rings is 1. The smallest absolute Gasteiger partial charge is 0.101 e. The van der Waals surface area contributed by atoms with Gasteiger partial charge in [0.1, 0.15) is 6.07 Å². The summed E-state index contributed by atoms with van der Waals surface area (Å²) in [7, 11) is 0. The molecule has 0 spiro atoms. The van der Waals surface area contributed by atoms with Gasteiger partial charge in [-0.1, -0.05) is 42.6 Å². The number of halogens is 1. The van der Waals surface area contributed by atoms with Crippen molar-refractivity contribution in [3.05, 3.63) is 28.2 Å². The first kappa shape index (κ1) is 14.4. The Balaban J connectivity index is 2.19. The van der Waals surface area contributed by atoms with E-state index in [2.05, 4.69) is 41.2 Å². The third-order valence-corrected chi connectivity index (χ3v) is 4.61. The predicted octanol–water partition coefficient (Wildman–Crippen LogP) is 4.95. The van der Waals surface area contributed by atoms with Crippen LogP contribution in [0.2, 0.25) is 0 Å². The van der Waals surface area contributed by atoms with Crippen LogP contribution in [0.3, 0.4) is 0 Å². The Bertz CT molecular complexity index is 476. The number of nitrogens with one attached hydrogen (secondary N) is 1. The molecule has 1 saturated carbocycles. The van der Waals surface area contributed by atoms with Crippen molar-refractivity contribution >= 4 is 21.6 Å². The average molecular weight is 321 g/mol. The van der Waals surface area contributed by atoms with Crippen LogP contribution in [0.4, 0.5) is 5.69 Å². The number of hydrogen-bond acceptors (Lipinski definition) is 2. The van der Waals surface area contributed by atoms with Gasteiger partial charge in [-0.15, -0.1) is 0 Å². The second-order valence-electron chi connectivity index (χ2n) is 5.74. The highest BCUT2D eigenvalue weighted by Crippen LogP contribution is 2.33. The molecule has 1 fully saturated rings. The van der Waals surface area contributed by atoms with Gasteiger partial charge in [0.25, 0.3) is 0 Å². The van der Waals surface area contributed by atoms with E-state index in [1.54, 1.807) is 0 Å². The Kier molecular flexibility index (Phi) is 4.87. The van der Waals surface area contributed by atoms with Crippen LogP contribution in [0, 0.1) is 23.2 Å². The molecule has 0 aliphatic heterocycles. The topological polar surface area (TPSA) is 35.8 Å². The fourth-order valence-corrected chi connectivity index (χ4v) is 3.43. The van der Waals surface area contributed by atoms with Crippen molar-refractivity contribution in [2.45, 2.75) is 45.6 Å². The van der Waals surface area contributed by atoms with E-state index in [1.165, 1.54) is 25.7 Å². The summed E-state index contributed by atoms with van der Waals surface area (Å²) >= 11 is 3.48. The molecule has 1 aromatic carbocycles. The monoisotopic (exact) mass is 320 g/mol. The van der Waals surface area contributed by atoms with Crippen molar-refractivity contribution in [3.63, 3.8) is 0 Å². The van der Waals surface area contributed by atoms with Crippen LogP contribution in [-0.2, 0) is 0 Å². The summed E-state index contributed by atoms with van der Waals surface area (Å²) in [6.45, 7) is 4.60. The molecule has 1 N–H and O–H groups in total. The maximum Gasteiger partial charge on any atom is 0.101 e. The van der Waals surface area contributed by atoms with Crippen LogP contribution in [0.25, 0.3) is 0 Å². The lowest BCUT2D eigenvalue weighted by molar-refractivity contribution is 0.254. The number of rotatable bonds is 3. The van der Waals surface area contributed by atoms with Gasteiger partial charge in [0.05, 0.1) is 11.3 Å². The zero-order valence-electron chi connectivity index (χ0n) is 11.6. The van der Waals surface area contributed by atoms with Gasteiger partial charge in [-0.25, -0.2) is 0 Å². The molecule has 1 aliphatic rings. The van der Waals surface area contributed by atoms with Crippen LogP contribution in [0.15, 0.2) is 22.7 Å². The number of nitrogens with zero attached hydrogens (tertiary/aromatic N) is 1. The SMILES string of the molecule is CC(C)C1CCCCC1Nc1cc(Br)ccc1C#N. The molecular formula is C16H21BrN2. The fraction of sp³-hybridized carbons (Fsp3) is 0.562. The summed E-state index contributed by atoms with van der Waals surface area (Å²) in [5.74, 6) is 1.40. The second-order valence-corrected chi connectivity index (χ2v) is 6.66. The minimum Gasteiger partial charge on any atom is -0.381 e. The molecule has 1 aliphatic carbocycles. The highest BCUT2D eigenvalue weighted by molar-refractivity contribution is 9.10. The molecule has 1 aromatic rings. The molecule has 102 valence electrons. The highest BCUT2D eigenvalue weighted by atomic mass is 79.9. The van der Waals surface area contributed by atoms with E-state index in [0.29, 0.717) is 17.9 Å². The number of anilines is 1. The van der Waals surface area contributed by atoms with E-state index in [1.807, 2.05) is 18.2 Å². The molecule has 2 rings (SSSR count). The first-order chi connectivity index (χ1) is 9.11. The molecule has 2 atom stereocenters. The van der Waals surface area contributed by atoms with Gasteiger partial charge in [-0.2, -0.15) is 5.26 Å². The Morgan fingerprint density at radius 3 is 2.74 bits per heavy atom. The first-order valence-electron chi connectivity index (χ1n) is 7.08. The number of nitriles is 1. The van der Waals surface area contributed by atoms with Gasteiger partial charge in [0.15, 0.2) is 0 Å². The maximum absolute atomic E-state index is 9.21. The Morgan fingerprint density at radius 2 is 2.05 bits per heavy atom. The van der Waals surface area contributed by atoms with Crippen molar-refractivity contribution in [2.75, 3.05) is 5.32 Å². The summed E-state index contributed by atoms with van der Waals surface area (Å²) in [5, 5.41) is 12.8. The summed E-state index contributed by atoms with van der Waals surface area (Å²) in [6, 6.07) is 8.58. The van der Waals surface area contributed by atoms with Gasteiger partial charge in [-0.05, 0) is 42.9 Å². The van der Waals surface area contributed by atoms with Crippen LogP contribution < -0.4 is 5.32 Å². The Morgan fingerprint density at radius 1 is 1.32 bits per heavy atom. The molecule has 2 nitrogen and oxygen atoms in total.